The molecule has 0 aromatic heterocycles. The van der Waals surface area contributed by atoms with Gasteiger partial charge in [0.05, 0.1) is 6.61 Å². The minimum absolute atomic E-state index is 0.0833. The van der Waals surface area contributed by atoms with Gasteiger partial charge in [-0.2, -0.15) is 0 Å². The maximum atomic E-state index is 11.2. The SMILES string of the molecule is OCCNCCF. The van der Waals surface area contributed by atoms with E-state index >= 15 is 0 Å². The van der Waals surface area contributed by atoms with Gasteiger partial charge in [0.15, 0.2) is 0 Å². The summed E-state index contributed by atoms with van der Waals surface area (Å²) in [4.78, 5) is 0. The highest BCUT2D eigenvalue weighted by molar-refractivity contribution is 4.40. The molecular formula is C4H10FNO. The summed E-state index contributed by atoms with van der Waals surface area (Å²) in [7, 11) is 0. The molecule has 7 heavy (non-hydrogen) atoms. The van der Waals surface area contributed by atoms with Crippen LogP contribution in [0.1, 0.15) is 0 Å². The Morgan fingerprint density at radius 2 is 2.14 bits per heavy atom. The fourth-order valence-electron chi connectivity index (χ4n) is 0.271. The molecule has 0 unspecified atom stereocenters. The number of halogens is 1. The van der Waals surface area contributed by atoms with E-state index in [1.54, 1.807) is 0 Å². The van der Waals surface area contributed by atoms with Crippen molar-refractivity contribution in [2.75, 3.05) is 26.4 Å². The van der Waals surface area contributed by atoms with E-state index in [0.29, 0.717) is 13.1 Å². The molecular weight excluding hydrogens is 97.0 g/mol. The third-order valence-corrected chi connectivity index (χ3v) is 0.560. The van der Waals surface area contributed by atoms with Crippen LogP contribution in [0.25, 0.3) is 0 Å². The van der Waals surface area contributed by atoms with Crippen LogP contribution in [-0.2, 0) is 0 Å². The van der Waals surface area contributed by atoms with Crippen molar-refractivity contribution in [3.63, 3.8) is 0 Å². The maximum absolute atomic E-state index is 11.2. The number of aliphatic hydroxyl groups excluding tert-OH is 1. The Hall–Kier alpha value is -0.150. The number of rotatable bonds is 4. The van der Waals surface area contributed by atoms with E-state index in [9.17, 15) is 4.39 Å². The van der Waals surface area contributed by atoms with E-state index in [0.717, 1.165) is 0 Å². The van der Waals surface area contributed by atoms with Crippen molar-refractivity contribution in [3.05, 3.63) is 0 Å². The molecule has 0 aliphatic rings. The largest absolute Gasteiger partial charge is 0.395 e. The van der Waals surface area contributed by atoms with Crippen molar-refractivity contribution >= 4 is 0 Å². The first-order valence-corrected chi connectivity index (χ1v) is 2.29. The molecule has 3 heteroatoms. The Bertz CT molecular complexity index is 30.9. The van der Waals surface area contributed by atoms with Gasteiger partial charge in [0.2, 0.25) is 0 Å². The number of alkyl halides is 1. The van der Waals surface area contributed by atoms with Crippen molar-refractivity contribution in [2.45, 2.75) is 0 Å². The zero-order valence-electron chi connectivity index (χ0n) is 4.15. The highest BCUT2D eigenvalue weighted by Gasteiger charge is 1.79. The average molecular weight is 107 g/mol. The Morgan fingerprint density at radius 1 is 1.43 bits per heavy atom. The van der Waals surface area contributed by atoms with Crippen molar-refractivity contribution in [1.82, 2.24) is 5.32 Å². The zero-order valence-corrected chi connectivity index (χ0v) is 4.15. The van der Waals surface area contributed by atoms with Crippen LogP contribution in [0, 0.1) is 0 Å². The molecule has 0 fully saturated rings. The lowest BCUT2D eigenvalue weighted by atomic mass is 10.6. The smallest absolute Gasteiger partial charge is 0.102 e. The van der Waals surface area contributed by atoms with Gasteiger partial charge in [0, 0.05) is 13.1 Å². The van der Waals surface area contributed by atoms with Gasteiger partial charge in [-0.1, -0.05) is 0 Å². The molecule has 0 saturated carbocycles. The molecule has 0 aliphatic carbocycles. The fraction of sp³-hybridized carbons (Fsp3) is 1.00. The summed E-state index contributed by atoms with van der Waals surface area (Å²) in [5.74, 6) is 0. The third-order valence-electron chi connectivity index (χ3n) is 0.560. The first-order chi connectivity index (χ1) is 3.41. The van der Waals surface area contributed by atoms with Gasteiger partial charge in [0.1, 0.15) is 6.67 Å². The van der Waals surface area contributed by atoms with E-state index in [1.807, 2.05) is 0 Å². The van der Waals surface area contributed by atoms with Crippen LogP contribution in [0.15, 0.2) is 0 Å². The highest BCUT2D eigenvalue weighted by atomic mass is 19.1. The average Bonchev–Trinajstić information content (AvgIpc) is 1.69. The molecule has 0 atom stereocenters. The molecule has 0 saturated heterocycles. The van der Waals surface area contributed by atoms with Gasteiger partial charge in [-0.05, 0) is 0 Å². The van der Waals surface area contributed by atoms with Crippen LogP contribution in [0.4, 0.5) is 4.39 Å². The fourth-order valence-corrected chi connectivity index (χ4v) is 0.271. The molecule has 0 amide bonds. The van der Waals surface area contributed by atoms with E-state index in [4.69, 9.17) is 5.11 Å². The molecule has 44 valence electrons. The van der Waals surface area contributed by atoms with Crippen LogP contribution in [-0.4, -0.2) is 31.5 Å². The van der Waals surface area contributed by atoms with Gasteiger partial charge in [-0.25, -0.2) is 4.39 Å². The summed E-state index contributed by atoms with van der Waals surface area (Å²) >= 11 is 0. The summed E-state index contributed by atoms with van der Waals surface area (Å²) in [6.45, 7) is 0.560. The minimum atomic E-state index is -0.361. The second kappa shape index (κ2) is 5.85. The molecule has 2 nitrogen and oxygen atoms in total. The van der Waals surface area contributed by atoms with Gasteiger partial charge in [0.25, 0.3) is 0 Å². The van der Waals surface area contributed by atoms with E-state index < -0.39 is 0 Å². The quantitative estimate of drug-likeness (QED) is 0.476. The number of hydrogen-bond donors (Lipinski definition) is 2. The summed E-state index contributed by atoms with van der Waals surface area (Å²) in [6, 6.07) is 0. The van der Waals surface area contributed by atoms with Crippen molar-refractivity contribution in [1.29, 1.82) is 0 Å². The van der Waals surface area contributed by atoms with Crippen molar-refractivity contribution in [3.8, 4) is 0 Å². The molecule has 0 radical (unpaired) electrons. The van der Waals surface area contributed by atoms with E-state index in [2.05, 4.69) is 5.32 Å². The van der Waals surface area contributed by atoms with Crippen LogP contribution in [0.5, 0.6) is 0 Å². The second-order valence-electron chi connectivity index (χ2n) is 1.16. The standard InChI is InChI=1S/C4H10FNO/c5-1-2-6-3-4-7/h6-7H,1-4H2. The normalized spacial score (nSPS) is 9.43. The third kappa shape index (κ3) is 5.85. The van der Waals surface area contributed by atoms with Crippen molar-refractivity contribution in [2.24, 2.45) is 0 Å². The van der Waals surface area contributed by atoms with Crippen LogP contribution < -0.4 is 5.32 Å². The molecule has 0 rings (SSSR count). The molecule has 0 spiro atoms. The van der Waals surface area contributed by atoms with E-state index in [-0.39, 0.29) is 13.3 Å². The first kappa shape index (κ1) is 6.85. The lowest BCUT2D eigenvalue weighted by Crippen LogP contribution is -2.20. The predicted molar refractivity (Wildman–Crippen MR) is 25.9 cm³/mol. The zero-order chi connectivity index (χ0) is 5.54. The lowest BCUT2D eigenvalue weighted by molar-refractivity contribution is 0.290. The van der Waals surface area contributed by atoms with Crippen molar-refractivity contribution < 1.29 is 9.50 Å². The highest BCUT2D eigenvalue weighted by Crippen LogP contribution is 1.60. The Morgan fingerprint density at radius 3 is 2.57 bits per heavy atom. The molecule has 0 aromatic carbocycles. The van der Waals surface area contributed by atoms with Crippen LogP contribution in [0.2, 0.25) is 0 Å². The monoisotopic (exact) mass is 107 g/mol. The summed E-state index contributed by atoms with van der Waals surface area (Å²) in [5.41, 5.74) is 0. The number of nitrogens with one attached hydrogen (secondary N) is 1. The maximum Gasteiger partial charge on any atom is 0.102 e. The molecule has 0 aromatic rings. The summed E-state index contributed by atoms with van der Waals surface area (Å²) < 4.78 is 11.2. The number of hydrogen-bond acceptors (Lipinski definition) is 2. The Labute approximate surface area is 42.3 Å². The van der Waals surface area contributed by atoms with Gasteiger partial charge in [-0.3, -0.25) is 0 Å². The van der Waals surface area contributed by atoms with Gasteiger partial charge < -0.3 is 10.4 Å². The first-order valence-electron chi connectivity index (χ1n) is 2.29. The molecule has 0 bridgehead atoms. The second-order valence-corrected chi connectivity index (χ2v) is 1.16. The summed E-state index contributed by atoms with van der Waals surface area (Å²) in [5, 5.41) is 10.8. The molecule has 2 N–H and O–H groups in total. The number of aliphatic hydroxyl groups is 1. The molecule has 0 aliphatic heterocycles. The van der Waals surface area contributed by atoms with Crippen LogP contribution >= 0.6 is 0 Å². The Balaban J connectivity index is 2.45. The Kier molecular flexibility index (Phi) is 5.72. The minimum Gasteiger partial charge on any atom is -0.395 e. The summed E-state index contributed by atoms with van der Waals surface area (Å²) in [6.07, 6.45) is 0. The van der Waals surface area contributed by atoms with E-state index in [1.165, 1.54) is 0 Å². The van der Waals surface area contributed by atoms with Gasteiger partial charge in [-0.15, -0.1) is 0 Å². The van der Waals surface area contributed by atoms with Gasteiger partial charge >= 0.3 is 0 Å². The predicted octanol–water partition coefficient (Wildman–Crippen LogP) is -0.462. The topological polar surface area (TPSA) is 32.3 Å². The lowest BCUT2D eigenvalue weighted by Gasteiger charge is -1.93. The molecule has 0 heterocycles. The van der Waals surface area contributed by atoms with Crippen LogP contribution in [0.3, 0.4) is 0 Å².